The Morgan fingerprint density at radius 3 is 2.71 bits per heavy atom. The molecule has 1 atom stereocenters. The fourth-order valence-electron chi connectivity index (χ4n) is 2.13. The number of nitrogens with two attached hydrogens (primary N) is 1. The minimum atomic E-state index is -0.327. The van der Waals surface area contributed by atoms with Gasteiger partial charge in [-0.3, -0.25) is 10.1 Å². The zero-order valence-corrected chi connectivity index (χ0v) is 9.85. The number of rotatable bonds is 2. The first-order chi connectivity index (χ1) is 7.99. The Morgan fingerprint density at radius 2 is 2.12 bits per heavy atom. The fraction of sp³-hybridized carbons (Fsp3) is 0.385. The number of hydrogen-bond donors (Lipinski definition) is 1. The number of allylic oxidation sites excluding steroid dienone is 1. The van der Waals surface area contributed by atoms with Crippen LogP contribution in [0.15, 0.2) is 30.3 Å². The highest BCUT2D eigenvalue weighted by Crippen LogP contribution is 2.35. The number of nitrogens with zero attached hydrogens (tertiary/aromatic N) is 1. The summed E-state index contributed by atoms with van der Waals surface area (Å²) in [4.78, 5) is 10.6. The minimum Gasteiger partial charge on any atom is -0.325 e. The van der Waals surface area contributed by atoms with Gasteiger partial charge in [0.1, 0.15) is 0 Å². The van der Waals surface area contributed by atoms with E-state index in [1.165, 1.54) is 0 Å². The molecule has 0 amide bonds. The zero-order chi connectivity index (χ0) is 12.5. The van der Waals surface area contributed by atoms with E-state index >= 15 is 0 Å². The molecule has 2 rings (SSSR count). The predicted molar refractivity (Wildman–Crippen MR) is 67.5 cm³/mol. The molecule has 0 radical (unpaired) electrons. The van der Waals surface area contributed by atoms with E-state index in [0.717, 1.165) is 30.4 Å². The maximum atomic E-state index is 10.9. The van der Waals surface area contributed by atoms with Crippen LogP contribution in [0.2, 0.25) is 0 Å². The quantitative estimate of drug-likeness (QED) is 0.629. The van der Waals surface area contributed by atoms with Crippen LogP contribution < -0.4 is 5.73 Å². The molecule has 2 N–H and O–H groups in total. The van der Waals surface area contributed by atoms with E-state index in [2.05, 4.69) is 0 Å². The van der Waals surface area contributed by atoms with E-state index in [1.54, 1.807) is 12.1 Å². The summed E-state index contributed by atoms with van der Waals surface area (Å²) in [6.07, 6.45) is 4.48. The molecule has 0 saturated heterocycles. The number of nitro benzene ring substituents is 1. The molecule has 0 bridgehead atoms. The second-order valence-corrected chi connectivity index (χ2v) is 4.86. The SMILES string of the molecule is CC1(N)CC=C(c2ccccc2[N+](=O)[O-])CC1. The van der Waals surface area contributed by atoms with Gasteiger partial charge in [0.15, 0.2) is 0 Å². The van der Waals surface area contributed by atoms with Gasteiger partial charge in [-0.15, -0.1) is 0 Å². The fourth-order valence-corrected chi connectivity index (χ4v) is 2.13. The average Bonchev–Trinajstić information content (AvgIpc) is 2.29. The van der Waals surface area contributed by atoms with E-state index in [-0.39, 0.29) is 16.1 Å². The average molecular weight is 232 g/mol. The number of benzene rings is 1. The molecule has 0 heterocycles. The molecule has 1 aliphatic rings. The Morgan fingerprint density at radius 1 is 1.41 bits per heavy atom. The second kappa shape index (κ2) is 4.30. The maximum Gasteiger partial charge on any atom is 0.276 e. The van der Waals surface area contributed by atoms with Crippen molar-refractivity contribution in [3.05, 3.63) is 46.0 Å². The van der Waals surface area contributed by atoms with Crippen molar-refractivity contribution in [2.45, 2.75) is 31.7 Å². The van der Waals surface area contributed by atoms with Crippen LogP contribution in [-0.4, -0.2) is 10.5 Å². The van der Waals surface area contributed by atoms with E-state index in [4.69, 9.17) is 5.73 Å². The molecule has 0 aromatic heterocycles. The maximum absolute atomic E-state index is 10.9. The molecule has 1 aliphatic carbocycles. The monoisotopic (exact) mass is 232 g/mol. The van der Waals surface area contributed by atoms with Gasteiger partial charge in [0.25, 0.3) is 5.69 Å². The highest BCUT2D eigenvalue weighted by molar-refractivity contribution is 5.73. The Labute approximate surface area is 100 Å². The van der Waals surface area contributed by atoms with Gasteiger partial charge in [-0.2, -0.15) is 0 Å². The first kappa shape index (κ1) is 11.8. The van der Waals surface area contributed by atoms with Gasteiger partial charge >= 0.3 is 0 Å². The first-order valence-corrected chi connectivity index (χ1v) is 5.71. The van der Waals surface area contributed by atoms with Gasteiger partial charge < -0.3 is 5.73 Å². The molecule has 0 spiro atoms. The summed E-state index contributed by atoms with van der Waals surface area (Å²) in [7, 11) is 0. The van der Waals surface area contributed by atoms with Gasteiger partial charge in [-0.1, -0.05) is 18.2 Å². The molecule has 0 aliphatic heterocycles. The Hall–Kier alpha value is -1.68. The summed E-state index contributed by atoms with van der Waals surface area (Å²) < 4.78 is 0. The summed E-state index contributed by atoms with van der Waals surface area (Å²) in [5, 5.41) is 10.9. The number of nitro groups is 1. The Bertz CT molecular complexity index is 478. The third-order valence-electron chi connectivity index (χ3n) is 3.23. The first-order valence-electron chi connectivity index (χ1n) is 5.71. The lowest BCUT2D eigenvalue weighted by Gasteiger charge is -2.28. The van der Waals surface area contributed by atoms with Crippen molar-refractivity contribution in [3.63, 3.8) is 0 Å². The number of para-hydroxylation sites is 1. The van der Waals surface area contributed by atoms with E-state index in [0.29, 0.717) is 0 Å². The van der Waals surface area contributed by atoms with Crippen LogP contribution in [0.5, 0.6) is 0 Å². The van der Waals surface area contributed by atoms with Crippen molar-refractivity contribution >= 4 is 11.3 Å². The van der Waals surface area contributed by atoms with Gasteiger partial charge in [0, 0.05) is 11.6 Å². The normalized spacial score (nSPS) is 24.2. The van der Waals surface area contributed by atoms with Gasteiger partial charge in [-0.25, -0.2) is 0 Å². The standard InChI is InChI=1S/C13H16N2O2/c1-13(14)8-6-10(7-9-13)11-4-2-3-5-12(11)15(16)17/h2-6H,7-9,14H2,1H3. The predicted octanol–water partition coefficient (Wildman–Crippen LogP) is 2.88. The lowest BCUT2D eigenvalue weighted by atomic mass is 9.82. The molecule has 17 heavy (non-hydrogen) atoms. The molecular weight excluding hydrogens is 216 g/mol. The second-order valence-electron chi connectivity index (χ2n) is 4.86. The van der Waals surface area contributed by atoms with Gasteiger partial charge in [0.2, 0.25) is 0 Å². The molecule has 1 aromatic rings. The summed E-state index contributed by atoms with van der Waals surface area (Å²) in [5.41, 5.74) is 7.82. The van der Waals surface area contributed by atoms with Crippen molar-refractivity contribution in [1.82, 2.24) is 0 Å². The topological polar surface area (TPSA) is 69.2 Å². The van der Waals surface area contributed by atoms with Crippen LogP contribution in [0.4, 0.5) is 5.69 Å². The molecule has 4 nitrogen and oxygen atoms in total. The highest BCUT2D eigenvalue weighted by atomic mass is 16.6. The Balaban J connectivity index is 2.36. The van der Waals surface area contributed by atoms with Gasteiger partial charge in [0.05, 0.1) is 10.5 Å². The summed E-state index contributed by atoms with van der Waals surface area (Å²) in [5.74, 6) is 0. The van der Waals surface area contributed by atoms with E-state index in [1.807, 2.05) is 25.1 Å². The molecule has 1 aromatic carbocycles. The highest BCUT2D eigenvalue weighted by Gasteiger charge is 2.25. The molecule has 4 heteroatoms. The zero-order valence-electron chi connectivity index (χ0n) is 9.85. The molecule has 0 fully saturated rings. The lowest BCUT2D eigenvalue weighted by molar-refractivity contribution is -0.385. The largest absolute Gasteiger partial charge is 0.325 e. The van der Waals surface area contributed by atoms with Crippen molar-refractivity contribution in [2.75, 3.05) is 0 Å². The molecular formula is C13H16N2O2. The molecule has 0 saturated carbocycles. The van der Waals surface area contributed by atoms with Crippen molar-refractivity contribution in [2.24, 2.45) is 5.73 Å². The van der Waals surface area contributed by atoms with Crippen LogP contribution in [0, 0.1) is 10.1 Å². The van der Waals surface area contributed by atoms with Crippen LogP contribution in [0.3, 0.4) is 0 Å². The summed E-state index contributed by atoms with van der Waals surface area (Å²) in [6, 6.07) is 6.88. The summed E-state index contributed by atoms with van der Waals surface area (Å²) in [6.45, 7) is 2.01. The number of hydrogen-bond acceptors (Lipinski definition) is 3. The lowest BCUT2D eigenvalue weighted by Crippen LogP contribution is -2.37. The van der Waals surface area contributed by atoms with E-state index in [9.17, 15) is 10.1 Å². The van der Waals surface area contributed by atoms with Crippen LogP contribution in [0.25, 0.3) is 5.57 Å². The van der Waals surface area contributed by atoms with Crippen molar-refractivity contribution < 1.29 is 4.92 Å². The van der Waals surface area contributed by atoms with Crippen molar-refractivity contribution in [3.8, 4) is 0 Å². The molecule has 1 unspecified atom stereocenters. The Kier molecular flexibility index (Phi) is 2.98. The third kappa shape index (κ3) is 2.53. The third-order valence-corrected chi connectivity index (χ3v) is 3.23. The van der Waals surface area contributed by atoms with Crippen LogP contribution in [-0.2, 0) is 0 Å². The van der Waals surface area contributed by atoms with E-state index < -0.39 is 0 Å². The van der Waals surface area contributed by atoms with Crippen LogP contribution >= 0.6 is 0 Å². The van der Waals surface area contributed by atoms with Gasteiger partial charge in [-0.05, 0) is 37.8 Å². The minimum absolute atomic E-state index is 0.174. The summed E-state index contributed by atoms with van der Waals surface area (Å²) >= 11 is 0. The molecule has 90 valence electrons. The van der Waals surface area contributed by atoms with Crippen LogP contribution in [0.1, 0.15) is 31.7 Å². The smallest absolute Gasteiger partial charge is 0.276 e. The van der Waals surface area contributed by atoms with Crippen molar-refractivity contribution in [1.29, 1.82) is 0 Å².